The maximum atomic E-state index is 13.9. The summed E-state index contributed by atoms with van der Waals surface area (Å²) in [6.45, 7) is 1.04. The molecule has 0 saturated heterocycles. The maximum Gasteiger partial charge on any atom is 0.435 e. The molecule has 1 rings (SSSR count). The lowest BCUT2D eigenvalue weighted by molar-refractivity contribution is -0.348. The number of anilines is 1. The zero-order valence-electron chi connectivity index (χ0n) is 10.5. The maximum absolute atomic E-state index is 13.9. The van der Waals surface area contributed by atoms with E-state index in [1.165, 1.54) is 0 Å². The Kier molecular flexibility index (Phi) is 5.08. The molecular formula is C11H6BrClF7NO. The number of carbonyl (C=O) groups excluding carboxylic acids is 1. The third-order valence-corrected chi connectivity index (χ3v) is 3.45. The van der Waals surface area contributed by atoms with Gasteiger partial charge in [0.05, 0.1) is 10.7 Å². The Bertz CT molecular complexity index is 562. The second kappa shape index (κ2) is 5.88. The van der Waals surface area contributed by atoms with Crippen molar-refractivity contribution in [2.45, 2.75) is 24.9 Å². The molecule has 0 spiro atoms. The van der Waals surface area contributed by atoms with Gasteiger partial charge in [0.25, 0.3) is 0 Å². The van der Waals surface area contributed by atoms with E-state index in [2.05, 4.69) is 21.2 Å². The highest BCUT2D eigenvalue weighted by molar-refractivity contribution is 9.10. The van der Waals surface area contributed by atoms with Gasteiger partial charge in [-0.2, -0.15) is 26.3 Å². The van der Waals surface area contributed by atoms with Crippen LogP contribution in [0.25, 0.3) is 0 Å². The topological polar surface area (TPSA) is 29.1 Å². The Hall–Kier alpha value is -1.03. The van der Waals surface area contributed by atoms with Crippen LogP contribution >= 0.6 is 27.5 Å². The molecular weight excluding hydrogens is 410 g/mol. The number of halogens is 9. The van der Waals surface area contributed by atoms with Crippen LogP contribution in [0, 0.1) is 0 Å². The lowest BCUT2D eigenvalue weighted by Crippen LogP contribution is -2.50. The fraction of sp³-hybridized carbons (Fsp3) is 0.364. The summed E-state index contributed by atoms with van der Waals surface area (Å²) in [5.74, 6) is -0.673. The van der Waals surface area contributed by atoms with Crippen molar-refractivity contribution in [1.82, 2.24) is 0 Å². The smallest absolute Gasteiger partial charge is 0.324 e. The zero-order valence-corrected chi connectivity index (χ0v) is 12.8. The van der Waals surface area contributed by atoms with E-state index in [0.29, 0.717) is 0 Å². The van der Waals surface area contributed by atoms with Crippen LogP contribution < -0.4 is 5.32 Å². The van der Waals surface area contributed by atoms with Gasteiger partial charge < -0.3 is 5.32 Å². The van der Waals surface area contributed by atoms with Crippen molar-refractivity contribution in [3.8, 4) is 0 Å². The van der Waals surface area contributed by atoms with Crippen molar-refractivity contribution < 1.29 is 35.5 Å². The van der Waals surface area contributed by atoms with Gasteiger partial charge in [0.15, 0.2) is 0 Å². The number of hydrogen-bond donors (Lipinski definition) is 1. The van der Waals surface area contributed by atoms with Gasteiger partial charge in [0.2, 0.25) is 5.91 Å². The second-order valence-electron chi connectivity index (χ2n) is 4.15. The van der Waals surface area contributed by atoms with E-state index in [9.17, 15) is 35.5 Å². The third-order valence-electron chi connectivity index (χ3n) is 2.52. The molecule has 0 aliphatic carbocycles. The summed E-state index contributed by atoms with van der Waals surface area (Å²) < 4.78 is 89.3. The average molecular weight is 417 g/mol. The molecule has 0 aliphatic rings. The Balaban J connectivity index is 3.58. The predicted octanol–water partition coefficient (Wildman–Crippen LogP) is 5.35. The number of hydrogen-bond acceptors (Lipinski definition) is 1. The van der Waals surface area contributed by atoms with Gasteiger partial charge in [-0.15, -0.1) is 0 Å². The van der Waals surface area contributed by atoms with Gasteiger partial charge in [-0.3, -0.25) is 4.79 Å². The first-order chi connectivity index (χ1) is 9.71. The number of carbonyl (C=O) groups is 1. The molecule has 22 heavy (non-hydrogen) atoms. The second-order valence-corrected chi connectivity index (χ2v) is 5.41. The van der Waals surface area contributed by atoms with E-state index in [-0.39, 0.29) is 17.8 Å². The first kappa shape index (κ1) is 19.0. The van der Waals surface area contributed by atoms with E-state index in [4.69, 9.17) is 11.6 Å². The average Bonchev–Trinajstić information content (AvgIpc) is 2.29. The van der Waals surface area contributed by atoms with Gasteiger partial charge in [-0.05, 0) is 28.1 Å². The standard InChI is InChI=1S/C11H6BrClF7NO/c1-4(22)21-8-6(12)2-5(3-7(8)13)9(14,10(15,16)17)11(18,19)20/h2-3H,1H3,(H,21,22). The van der Waals surface area contributed by atoms with Crippen LogP contribution in [0.15, 0.2) is 16.6 Å². The summed E-state index contributed by atoms with van der Waals surface area (Å²) in [5, 5.41) is 1.41. The molecule has 0 saturated carbocycles. The number of rotatable bonds is 2. The highest BCUT2D eigenvalue weighted by Crippen LogP contribution is 2.54. The molecule has 0 aromatic heterocycles. The van der Waals surface area contributed by atoms with Crippen LogP contribution in [0.1, 0.15) is 12.5 Å². The molecule has 0 radical (unpaired) electrons. The van der Waals surface area contributed by atoms with E-state index in [1.54, 1.807) is 0 Å². The van der Waals surface area contributed by atoms with Crippen LogP contribution in [0.5, 0.6) is 0 Å². The van der Waals surface area contributed by atoms with Crippen molar-refractivity contribution in [1.29, 1.82) is 0 Å². The molecule has 1 aromatic rings. The predicted molar refractivity (Wildman–Crippen MR) is 68.4 cm³/mol. The van der Waals surface area contributed by atoms with Crippen LogP contribution in [0.2, 0.25) is 5.02 Å². The van der Waals surface area contributed by atoms with Crippen molar-refractivity contribution in [2.75, 3.05) is 5.32 Å². The summed E-state index contributed by atoms with van der Waals surface area (Å²) in [6, 6.07) is 0.427. The van der Waals surface area contributed by atoms with Gasteiger partial charge in [0, 0.05) is 17.0 Å². The van der Waals surface area contributed by atoms with E-state index < -0.39 is 39.0 Å². The van der Waals surface area contributed by atoms with Gasteiger partial charge in [-0.1, -0.05) is 11.6 Å². The molecule has 1 aromatic carbocycles. The number of amides is 1. The number of alkyl halides is 7. The van der Waals surface area contributed by atoms with E-state index in [0.717, 1.165) is 6.92 Å². The highest BCUT2D eigenvalue weighted by Gasteiger charge is 2.73. The molecule has 1 N–H and O–H groups in total. The van der Waals surface area contributed by atoms with Gasteiger partial charge in [0.1, 0.15) is 0 Å². The lowest BCUT2D eigenvalue weighted by Gasteiger charge is -2.30. The molecule has 124 valence electrons. The Morgan fingerprint density at radius 2 is 1.55 bits per heavy atom. The largest absolute Gasteiger partial charge is 0.435 e. The van der Waals surface area contributed by atoms with Gasteiger partial charge >= 0.3 is 18.0 Å². The first-order valence-electron chi connectivity index (χ1n) is 5.31. The normalized spacial score (nSPS) is 13.2. The number of nitrogens with one attached hydrogen (secondary N) is 1. The minimum Gasteiger partial charge on any atom is -0.324 e. The van der Waals surface area contributed by atoms with Gasteiger partial charge in [-0.25, -0.2) is 4.39 Å². The Morgan fingerprint density at radius 1 is 1.09 bits per heavy atom. The van der Waals surface area contributed by atoms with Crippen LogP contribution in [-0.2, 0) is 10.5 Å². The molecule has 0 fully saturated rings. The van der Waals surface area contributed by atoms with Crippen molar-refractivity contribution in [3.63, 3.8) is 0 Å². The van der Waals surface area contributed by atoms with E-state index in [1.807, 2.05) is 0 Å². The van der Waals surface area contributed by atoms with Crippen molar-refractivity contribution in [2.24, 2.45) is 0 Å². The van der Waals surface area contributed by atoms with E-state index >= 15 is 0 Å². The molecule has 0 atom stereocenters. The summed E-state index contributed by atoms with van der Waals surface area (Å²) in [4.78, 5) is 10.9. The summed E-state index contributed by atoms with van der Waals surface area (Å²) in [7, 11) is 0. The van der Waals surface area contributed by atoms with Crippen LogP contribution in [-0.4, -0.2) is 18.3 Å². The van der Waals surface area contributed by atoms with Crippen LogP contribution in [0.4, 0.5) is 36.4 Å². The minimum absolute atomic E-state index is 0.165. The monoisotopic (exact) mass is 415 g/mol. The third kappa shape index (κ3) is 3.32. The molecule has 0 unspecified atom stereocenters. The SMILES string of the molecule is CC(=O)Nc1c(Cl)cc(C(F)(C(F)(F)F)C(F)(F)F)cc1Br. The first-order valence-corrected chi connectivity index (χ1v) is 6.48. The van der Waals surface area contributed by atoms with Crippen molar-refractivity contribution in [3.05, 3.63) is 27.2 Å². The molecule has 11 heteroatoms. The summed E-state index contributed by atoms with van der Waals surface area (Å²) in [6.07, 6.45) is -12.5. The lowest BCUT2D eigenvalue weighted by atomic mass is 9.94. The fourth-order valence-electron chi connectivity index (χ4n) is 1.56. The summed E-state index contributed by atoms with van der Waals surface area (Å²) in [5.41, 5.74) is -7.62. The molecule has 0 heterocycles. The highest BCUT2D eigenvalue weighted by atomic mass is 79.9. The van der Waals surface area contributed by atoms with Crippen molar-refractivity contribution >= 4 is 39.1 Å². The molecule has 1 amide bonds. The Labute approximate surface area is 132 Å². The summed E-state index contributed by atoms with van der Waals surface area (Å²) >= 11 is 8.19. The number of benzene rings is 1. The minimum atomic E-state index is -6.25. The molecule has 0 bridgehead atoms. The molecule has 0 aliphatic heterocycles. The quantitative estimate of drug-likeness (QED) is 0.647. The fourth-order valence-corrected chi connectivity index (χ4v) is 2.50. The molecule has 2 nitrogen and oxygen atoms in total. The Morgan fingerprint density at radius 3 is 1.86 bits per heavy atom. The van der Waals surface area contributed by atoms with Crippen LogP contribution in [0.3, 0.4) is 0 Å². The zero-order chi connectivity index (χ0) is 17.5.